The van der Waals surface area contributed by atoms with Crippen molar-refractivity contribution in [1.82, 2.24) is 4.31 Å². The molecule has 0 aromatic heterocycles. The first-order chi connectivity index (χ1) is 12.9. The maximum atomic E-state index is 12.7. The zero-order valence-corrected chi connectivity index (χ0v) is 17.2. The van der Waals surface area contributed by atoms with E-state index < -0.39 is 10.0 Å². The van der Waals surface area contributed by atoms with Crippen LogP contribution in [0.2, 0.25) is 0 Å². The van der Waals surface area contributed by atoms with Crippen molar-refractivity contribution in [2.24, 2.45) is 0 Å². The second-order valence-electron chi connectivity index (χ2n) is 6.74. The minimum absolute atomic E-state index is 0.157. The summed E-state index contributed by atoms with van der Waals surface area (Å²) in [6.45, 7) is 5.19. The quantitative estimate of drug-likeness (QED) is 0.744. The summed E-state index contributed by atoms with van der Waals surface area (Å²) in [5.41, 5.74) is 2.84. The van der Waals surface area contributed by atoms with Crippen molar-refractivity contribution in [2.45, 2.75) is 36.5 Å². The number of benzene rings is 2. The van der Waals surface area contributed by atoms with Gasteiger partial charge in [0.15, 0.2) is 0 Å². The Hall–Kier alpha value is -1.83. The minimum Gasteiger partial charge on any atom is -0.325 e. The number of nitrogens with one attached hydrogen (secondary N) is 1. The van der Waals surface area contributed by atoms with Crippen molar-refractivity contribution in [3.63, 3.8) is 0 Å². The number of aryl methyl sites for hydroxylation is 2. The van der Waals surface area contributed by atoms with Gasteiger partial charge in [-0.1, -0.05) is 23.8 Å². The molecule has 0 aliphatic carbocycles. The van der Waals surface area contributed by atoms with E-state index in [1.54, 1.807) is 18.2 Å². The molecule has 5 nitrogen and oxygen atoms in total. The molecular formula is C20H24N2O3S2. The highest BCUT2D eigenvalue weighted by molar-refractivity contribution is 8.00. The third kappa shape index (κ3) is 4.91. The first kappa shape index (κ1) is 19.9. The predicted molar refractivity (Wildman–Crippen MR) is 110 cm³/mol. The molecule has 1 aliphatic heterocycles. The summed E-state index contributed by atoms with van der Waals surface area (Å²) in [7, 11) is -3.49. The Balaban J connectivity index is 1.64. The van der Waals surface area contributed by atoms with E-state index in [-0.39, 0.29) is 16.6 Å². The molecule has 0 unspecified atom stereocenters. The molecule has 2 aromatic carbocycles. The summed E-state index contributed by atoms with van der Waals surface area (Å²) in [6, 6.07) is 12.6. The van der Waals surface area contributed by atoms with E-state index in [1.165, 1.54) is 27.7 Å². The Kier molecular flexibility index (Phi) is 6.24. The molecule has 7 heteroatoms. The molecule has 2 aromatic rings. The van der Waals surface area contributed by atoms with Gasteiger partial charge in [0.2, 0.25) is 15.9 Å². The average molecular weight is 405 g/mol. The van der Waals surface area contributed by atoms with E-state index in [4.69, 9.17) is 0 Å². The van der Waals surface area contributed by atoms with Gasteiger partial charge in [0, 0.05) is 23.7 Å². The first-order valence-electron chi connectivity index (χ1n) is 8.96. The van der Waals surface area contributed by atoms with E-state index in [0.29, 0.717) is 18.8 Å². The highest BCUT2D eigenvalue weighted by Crippen LogP contribution is 2.25. The SMILES string of the molecule is Cc1ccc(SCC(=O)Nc2cccc(S(=O)(=O)N3CCCC3)c2)c(C)c1. The van der Waals surface area contributed by atoms with Gasteiger partial charge in [-0.15, -0.1) is 11.8 Å². The molecule has 0 radical (unpaired) electrons. The largest absolute Gasteiger partial charge is 0.325 e. The van der Waals surface area contributed by atoms with E-state index >= 15 is 0 Å². The number of carbonyl (C=O) groups excluding carboxylic acids is 1. The molecule has 0 bridgehead atoms. The second kappa shape index (κ2) is 8.46. The Bertz CT molecular complexity index is 936. The Labute approximate surface area is 165 Å². The van der Waals surface area contributed by atoms with E-state index in [0.717, 1.165) is 23.3 Å². The summed E-state index contributed by atoms with van der Waals surface area (Å²) in [4.78, 5) is 13.6. The number of thioether (sulfide) groups is 1. The molecule has 1 saturated heterocycles. The molecular weight excluding hydrogens is 380 g/mol. The molecule has 1 fully saturated rings. The Morgan fingerprint density at radius 1 is 1.11 bits per heavy atom. The van der Waals surface area contributed by atoms with Crippen LogP contribution in [-0.4, -0.2) is 37.5 Å². The van der Waals surface area contributed by atoms with Gasteiger partial charge in [-0.25, -0.2) is 8.42 Å². The number of anilines is 1. The van der Waals surface area contributed by atoms with Crippen LogP contribution in [0.1, 0.15) is 24.0 Å². The lowest BCUT2D eigenvalue weighted by Gasteiger charge is -2.16. The van der Waals surface area contributed by atoms with Gasteiger partial charge in [0.1, 0.15) is 0 Å². The van der Waals surface area contributed by atoms with Gasteiger partial charge in [-0.05, 0) is 56.5 Å². The van der Waals surface area contributed by atoms with Crippen molar-refractivity contribution >= 4 is 33.4 Å². The molecule has 1 heterocycles. The maximum absolute atomic E-state index is 12.7. The van der Waals surface area contributed by atoms with Crippen LogP contribution < -0.4 is 5.32 Å². The summed E-state index contributed by atoms with van der Waals surface area (Å²) in [6.07, 6.45) is 1.79. The molecule has 1 aliphatic rings. The number of amides is 1. The molecule has 1 N–H and O–H groups in total. The highest BCUT2D eigenvalue weighted by Gasteiger charge is 2.27. The molecule has 0 saturated carbocycles. The summed E-state index contributed by atoms with van der Waals surface area (Å²) in [5.74, 6) is 0.114. The smallest absolute Gasteiger partial charge is 0.243 e. The van der Waals surface area contributed by atoms with Crippen LogP contribution in [0.5, 0.6) is 0 Å². The van der Waals surface area contributed by atoms with Crippen LogP contribution in [0.4, 0.5) is 5.69 Å². The van der Waals surface area contributed by atoms with Gasteiger partial charge >= 0.3 is 0 Å². The summed E-state index contributed by atoms with van der Waals surface area (Å²) < 4.78 is 26.8. The van der Waals surface area contributed by atoms with Gasteiger partial charge in [0.25, 0.3) is 0 Å². The van der Waals surface area contributed by atoms with Crippen LogP contribution in [0, 0.1) is 13.8 Å². The zero-order valence-electron chi connectivity index (χ0n) is 15.6. The van der Waals surface area contributed by atoms with Gasteiger partial charge in [-0.3, -0.25) is 4.79 Å². The van der Waals surface area contributed by atoms with Gasteiger partial charge in [-0.2, -0.15) is 4.31 Å². The molecule has 1 amide bonds. The third-order valence-corrected chi connectivity index (χ3v) is 7.58. The van der Waals surface area contributed by atoms with Crippen molar-refractivity contribution in [2.75, 3.05) is 24.2 Å². The average Bonchev–Trinajstić information content (AvgIpc) is 3.17. The first-order valence-corrected chi connectivity index (χ1v) is 11.4. The summed E-state index contributed by atoms with van der Waals surface area (Å²) in [5, 5.41) is 2.80. The van der Waals surface area contributed by atoms with E-state index in [2.05, 4.69) is 11.4 Å². The van der Waals surface area contributed by atoms with Crippen molar-refractivity contribution in [3.05, 3.63) is 53.6 Å². The zero-order chi connectivity index (χ0) is 19.4. The fourth-order valence-electron chi connectivity index (χ4n) is 3.11. The minimum atomic E-state index is -3.49. The third-order valence-electron chi connectivity index (χ3n) is 4.51. The second-order valence-corrected chi connectivity index (χ2v) is 9.70. The lowest BCUT2D eigenvalue weighted by atomic mass is 10.2. The number of sulfonamides is 1. The lowest BCUT2D eigenvalue weighted by Crippen LogP contribution is -2.28. The number of hydrogen-bond acceptors (Lipinski definition) is 4. The number of nitrogens with zero attached hydrogens (tertiary/aromatic N) is 1. The number of rotatable bonds is 6. The van der Waals surface area contributed by atoms with Crippen LogP contribution in [0.25, 0.3) is 0 Å². The van der Waals surface area contributed by atoms with E-state index in [1.807, 2.05) is 26.0 Å². The van der Waals surface area contributed by atoms with Gasteiger partial charge < -0.3 is 5.32 Å². The standard InChI is InChI=1S/C20H24N2O3S2/c1-15-8-9-19(16(2)12-15)26-14-20(23)21-17-6-5-7-18(13-17)27(24,25)22-10-3-4-11-22/h5-9,12-13H,3-4,10-11,14H2,1-2H3,(H,21,23). The molecule has 0 atom stereocenters. The fourth-order valence-corrected chi connectivity index (χ4v) is 5.49. The number of hydrogen-bond donors (Lipinski definition) is 1. The normalized spacial score (nSPS) is 15.0. The van der Waals surface area contributed by atoms with Crippen LogP contribution >= 0.6 is 11.8 Å². The fraction of sp³-hybridized carbons (Fsp3) is 0.350. The monoisotopic (exact) mass is 404 g/mol. The van der Waals surface area contributed by atoms with Gasteiger partial charge in [0.05, 0.1) is 10.6 Å². The molecule has 144 valence electrons. The van der Waals surface area contributed by atoms with Crippen molar-refractivity contribution < 1.29 is 13.2 Å². The Morgan fingerprint density at radius 2 is 1.85 bits per heavy atom. The number of carbonyl (C=O) groups is 1. The highest BCUT2D eigenvalue weighted by atomic mass is 32.2. The van der Waals surface area contributed by atoms with Crippen LogP contribution in [0.15, 0.2) is 52.3 Å². The van der Waals surface area contributed by atoms with E-state index in [9.17, 15) is 13.2 Å². The maximum Gasteiger partial charge on any atom is 0.243 e. The molecule has 3 rings (SSSR count). The summed E-state index contributed by atoms with van der Waals surface area (Å²) >= 11 is 1.47. The van der Waals surface area contributed by atoms with Crippen molar-refractivity contribution in [3.8, 4) is 0 Å². The Morgan fingerprint density at radius 3 is 2.56 bits per heavy atom. The van der Waals surface area contributed by atoms with Crippen LogP contribution in [0.3, 0.4) is 0 Å². The predicted octanol–water partition coefficient (Wildman–Crippen LogP) is 3.82. The van der Waals surface area contributed by atoms with Crippen molar-refractivity contribution in [1.29, 1.82) is 0 Å². The molecule has 0 spiro atoms. The lowest BCUT2D eigenvalue weighted by molar-refractivity contribution is -0.113. The van der Waals surface area contributed by atoms with Crippen LogP contribution in [-0.2, 0) is 14.8 Å². The topological polar surface area (TPSA) is 66.5 Å². The molecule has 27 heavy (non-hydrogen) atoms.